The van der Waals surface area contributed by atoms with Gasteiger partial charge in [0.15, 0.2) is 0 Å². The summed E-state index contributed by atoms with van der Waals surface area (Å²) in [6.07, 6.45) is 1.75. The molecular weight excluding hydrogens is 270 g/mol. The quantitative estimate of drug-likeness (QED) is 0.674. The number of carbonyl (C=O) groups excluding carboxylic acids is 1. The van der Waals surface area contributed by atoms with Gasteiger partial charge in [-0.05, 0) is 41.1 Å². The second-order valence-electron chi connectivity index (χ2n) is 4.41. The van der Waals surface area contributed by atoms with Gasteiger partial charge in [-0.3, -0.25) is 4.98 Å². The molecule has 0 saturated heterocycles. The number of hydrogen-bond donors (Lipinski definition) is 0. The highest BCUT2D eigenvalue weighted by atomic mass is 16.5. The first kappa shape index (κ1) is 13.2. The van der Waals surface area contributed by atoms with E-state index in [1.165, 1.54) is 4.68 Å². The molecule has 3 rings (SSSR count). The normalized spacial score (nSPS) is 10.7. The number of hydrogen-bond acceptors (Lipinski definition) is 6. The number of benzene rings is 1. The van der Waals surface area contributed by atoms with Gasteiger partial charge in [0.25, 0.3) is 5.82 Å². The maximum atomic E-state index is 11.7. The average Bonchev–Trinajstić information content (AvgIpc) is 2.95. The summed E-state index contributed by atoms with van der Waals surface area (Å²) in [5.41, 5.74) is 1.90. The summed E-state index contributed by atoms with van der Waals surface area (Å²) in [6.45, 7) is 2.42. The second-order valence-corrected chi connectivity index (χ2v) is 4.41. The molecule has 21 heavy (non-hydrogen) atoms. The summed E-state index contributed by atoms with van der Waals surface area (Å²) in [5, 5.41) is 12.1. The molecule has 7 heteroatoms. The highest BCUT2D eigenvalue weighted by Gasteiger charge is 2.16. The molecule has 2 aromatic heterocycles. The third-order valence-corrected chi connectivity index (χ3v) is 2.99. The van der Waals surface area contributed by atoms with Gasteiger partial charge >= 0.3 is 5.97 Å². The number of rotatable bonds is 4. The van der Waals surface area contributed by atoms with Crippen molar-refractivity contribution in [2.24, 2.45) is 0 Å². The molecule has 0 unspecified atom stereocenters. The van der Waals surface area contributed by atoms with Gasteiger partial charge in [0, 0.05) is 11.6 Å². The van der Waals surface area contributed by atoms with E-state index in [-0.39, 0.29) is 12.4 Å². The molecule has 7 nitrogen and oxygen atoms in total. The highest BCUT2D eigenvalue weighted by Crippen LogP contribution is 2.14. The van der Waals surface area contributed by atoms with E-state index in [0.29, 0.717) is 6.54 Å². The fourth-order valence-corrected chi connectivity index (χ4v) is 2.05. The Labute approximate surface area is 120 Å². The van der Waals surface area contributed by atoms with Crippen molar-refractivity contribution in [2.45, 2.75) is 13.5 Å². The van der Waals surface area contributed by atoms with Crippen LogP contribution in [0, 0.1) is 0 Å². The molecule has 0 atom stereocenters. The van der Waals surface area contributed by atoms with E-state index in [0.717, 1.165) is 16.5 Å². The molecule has 0 aliphatic heterocycles. The van der Waals surface area contributed by atoms with Crippen molar-refractivity contribution in [3.05, 3.63) is 47.9 Å². The van der Waals surface area contributed by atoms with Crippen LogP contribution in [0.15, 0.2) is 36.5 Å². The maximum absolute atomic E-state index is 11.7. The summed E-state index contributed by atoms with van der Waals surface area (Å²) >= 11 is 0. The lowest BCUT2D eigenvalue weighted by molar-refractivity contribution is 0.0505. The van der Waals surface area contributed by atoms with Crippen molar-refractivity contribution < 1.29 is 9.53 Å². The highest BCUT2D eigenvalue weighted by molar-refractivity contribution is 5.85. The molecular formula is C14H13N5O2. The fraction of sp³-hybridized carbons (Fsp3) is 0.214. The minimum absolute atomic E-state index is 0.100. The molecule has 0 aliphatic rings. The van der Waals surface area contributed by atoms with E-state index in [2.05, 4.69) is 20.5 Å². The first-order valence-corrected chi connectivity index (χ1v) is 6.55. The lowest BCUT2D eigenvalue weighted by Gasteiger charge is -2.05. The number of ether oxygens (including phenoxy) is 1. The SMILES string of the molecule is CCOC(=O)c1nnnn1Cc1ccc2ncccc2c1. The Morgan fingerprint density at radius 1 is 1.33 bits per heavy atom. The van der Waals surface area contributed by atoms with Crippen LogP contribution < -0.4 is 0 Å². The molecule has 1 aromatic carbocycles. The van der Waals surface area contributed by atoms with Crippen molar-refractivity contribution in [1.29, 1.82) is 0 Å². The Balaban J connectivity index is 1.88. The van der Waals surface area contributed by atoms with Crippen molar-refractivity contribution >= 4 is 16.9 Å². The molecule has 106 valence electrons. The molecule has 0 bridgehead atoms. The minimum atomic E-state index is -0.523. The summed E-state index contributed by atoms with van der Waals surface area (Å²) < 4.78 is 6.35. The summed E-state index contributed by atoms with van der Waals surface area (Å²) in [7, 11) is 0. The van der Waals surface area contributed by atoms with E-state index in [4.69, 9.17) is 4.74 Å². The van der Waals surface area contributed by atoms with E-state index < -0.39 is 5.97 Å². The number of pyridine rings is 1. The predicted octanol–water partition coefficient (Wildman–Crippen LogP) is 1.45. The summed E-state index contributed by atoms with van der Waals surface area (Å²) in [5.74, 6) is -0.423. The Morgan fingerprint density at radius 2 is 2.24 bits per heavy atom. The average molecular weight is 283 g/mol. The molecule has 0 amide bonds. The van der Waals surface area contributed by atoms with E-state index in [1.54, 1.807) is 13.1 Å². The van der Waals surface area contributed by atoms with Crippen LogP contribution in [0.2, 0.25) is 0 Å². The van der Waals surface area contributed by atoms with Crippen LogP contribution >= 0.6 is 0 Å². The molecule has 0 fully saturated rings. The van der Waals surface area contributed by atoms with E-state index in [1.807, 2.05) is 30.3 Å². The van der Waals surface area contributed by atoms with Gasteiger partial charge in [0.05, 0.1) is 18.7 Å². The van der Waals surface area contributed by atoms with E-state index >= 15 is 0 Å². The lowest BCUT2D eigenvalue weighted by atomic mass is 10.1. The van der Waals surface area contributed by atoms with Gasteiger partial charge in [0.2, 0.25) is 0 Å². The third-order valence-electron chi connectivity index (χ3n) is 2.99. The first-order valence-electron chi connectivity index (χ1n) is 6.55. The van der Waals surface area contributed by atoms with Crippen molar-refractivity contribution in [1.82, 2.24) is 25.2 Å². The Kier molecular flexibility index (Phi) is 3.55. The zero-order valence-electron chi connectivity index (χ0n) is 11.4. The molecule has 0 saturated carbocycles. The molecule has 2 heterocycles. The van der Waals surface area contributed by atoms with Gasteiger partial charge in [0.1, 0.15) is 0 Å². The Morgan fingerprint density at radius 3 is 3.10 bits per heavy atom. The zero-order valence-corrected chi connectivity index (χ0v) is 11.4. The smallest absolute Gasteiger partial charge is 0.378 e. The molecule has 0 radical (unpaired) electrons. The van der Waals surface area contributed by atoms with Gasteiger partial charge in [-0.15, -0.1) is 5.10 Å². The second kappa shape index (κ2) is 5.66. The van der Waals surface area contributed by atoms with Crippen molar-refractivity contribution in [3.8, 4) is 0 Å². The first-order chi connectivity index (χ1) is 10.3. The zero-order chi connectivity index (χ0) is 14.7. The number of aromatic nitrogens is 5. The maximum Gasteiger partial charge on any atom is 0.378 e. The molecule has 0 spiro atoms. The number of tetrazole rings is 1. The summed E-state index contributed by atoms with van der Waals surface area (Å²) in [4.78, 5) is 16.0. The van der Waals surface area contributed by atoms with Crippen LogP contribution in [-0.2, 0) is 11.3 Å². The van der Waals surface area contributed by atoms with Gasteiger partial charge in [-0.2, -0.15) is 0 Å². The molecule has 0 aliphatic carbocycles. The van der Waals surface area contributed by atoms with Crippen molar-refractivity contribution in [2.75, 3.05) is 6.61 Å². The monoisotopic (exact) mass is 283 g/mol. The fourth-order valence-electron chi connectivity index (χ4n) is 2.05. The largest absolute Gasteiger partial charge is 0.460 e. The predicted molar refractivity (Wildman–Crippen MR) is 74.6 cm³/mol. The Bertz CT molecular complexity index is 784. The molecule has 3 aromatic rings. The number of esters is 1. The van der Waals surface area contributed by atoms with Crippen LogP contribution in [0.25, 0.3) is 10.9 Å². The van der Waals surface area contributed by atoms with E-state index in [9.17, 15) is 4.79 Å². The van der Waals surface area contributed by atoms with Crippen LogP contribution in [0.5, 0.6) is 0 Å². The topological polar surface area (TPSA) is 82.8 Å². The van der Waals surface area contributed by atoms with Crippen LogP contribution in [0.4, 0.5) is 0 Å². The van der Waals surface area contributed by atoms with Crippen LogP contribution in [0.3, 0.4) is 0 Å². The minimum Gasteiger partial charge on any atom is -0.460 e. The number of nitrogens with zero attached hydrogens (tertiary/aromatic N) is 5. The summed E-state index contributed by atoms with van der Waals surface area (Å²) in [6, 6.07) is 9.73. The Hall–Kier alpha value is -2.83. The standard InChI is InChI=1S/C14H13N5O2/c1-2-21-14(20)13-16-17-18-19(13)9-10-5-6-12-11(8-10)4-3-7-15-12/h3-8H,2,9H2,1H3. The number of carbonyl (C=O) groups is 1. The van der Waals surface area contributed by atoms with Gasteiger partial charge in [-0.1, -0.05) is 12.1 Å². The third kappa shape index (κ3) is 2.71. The number of fused-ring (bicyclic) bond motifs is 1. The van der Waals surface area contributed by atoms with Gasteiger partial charge in [-0.25, -0.2) is 9.48 Å². The van der Waals surface area contributed by atoms with Crippen LogP contribution in [-0.4, -0.2) is 37.8 Å². The van der Waals surface area contributed by atoms with Gasteiger partial charge < -0.3 is 4.74 Å². The lowest BCUT2D eigenvalue weighted by Crippen LogP contribution is -2.15. The molecule has 0 N–H and O–H groups in total. The van der Waals surface area contributed by atoms with Crippen molar-refractivity contribution in [3.63, 3.8) is 0 Å². The van der Waals surface area contributed by atoms with Crippen LogP contribution in [0.1, 0.15) is 23.1 Å².